The molecule has 1 heterocycles. The Morgan fingerprint density at radius 2 is 1.84 bits per heavy atom. The van der Waals surface area contributed by atoms with Gasteiger partial charge in [0.2, 0.25) is 0 Å². The van der Waals surface area contributed by atoms with Crippen molar-refractivity contribution in [3.8, 4) is 11.5 Å². The number of aliphatic hydroxyl groups excluding tert-OH is 1. The topological polar surface area (TPSA) is 126 Å². The number of rotatable bonds is 11. The molecule has 38 heavy (non-hydrogen) atoms. The summed E-state index contributed by atoms with van der Waals surface area (Å²) >= 11 is 5.96. The summed E-state index contributed by atoms with van der Waals surface area (Å²) in [5.74, 6) is -0.0403. The number of alkyl halides is 3. The zero-order chi connectivity index (χ0) is 27.3. The van der Waals surface area contributed by atoms with Crippen molar-refractivity contribution in [1.29, 1.82) is 0 Å². The highest BCUT2D eigenvalue weighted by atomic mass is 35.5. The van der Waals surface area contributed by atoms with Crippen LogP contribution in [-0.2, 0) is 10.0 Å². The van der Waals surface area contributed by atoms with Crippen molar-refractivity contribution in [2.45, 2.75) is 17.4 Å². The molecule has 4 N–H and O–H groups in total. The minimum absolute atomic E-state index is 0.126. The van der Waals surface area contributed by atoms with Crippen LogP contribution in [0.2, 0.25) is 5.15 Å². The average molecular weight is 571 g/mol. The van der Waals surface area contributed by atoms with E-state index in [1.807, 2.05) is 0 Å². The van der Waals surface area contributed by atoms with Crippen LogP contribution in [0.4, 0.5) is 18.9 Å². The Balaban J connectivity index is 1.29. The Kier molecular flexibility index (Phi) is 8.31. The number of nitrogens with one attached hydrogen (secondary N) is 3. The van der Waals surface area contributed by atoms with Gasteiger partial charge in [-0.2, -0.15) is 5.10 Å². The number of fused-ring (bicyclic) bond motifs is 1. The van der Waals surface area contributed by atoms with Crippen molar-refractivity contribution in [2.24, 2.45) is 0 Å². The Hall–Kier alpha value is -3.52. The number of aromatic amines is 1. The van der Waals surface area contributed by atoms with Crippen molar-refractivity contribution in [1.82, 2.24) is 15.5 Å². The molecule has 3 aromatic carbocycles. The van der Waals surface area contributed by atoms with E-state index in [1.54, 1.807) is 30.3 Å². The number of H-pyrrole nitrogens is 1. The standard InChI is InChI=1S/C24H22ClF3N4O5S/c25-23-20-8-7-17(13-21(20)30-31-23)36-10-9-29-14-22(33)15-3-1-4-16(11-15)32-38(34,35)19-6-2-5-18(12-19)37-24(26,27)28/h1-8,11-13,22,29,32-33H,9-10,14H2,(H,30,31)/t22-/m0/s1. The molecule has 1 aromatic heterocycles. The zero-order valence-electron chi connectivity index (χ0n) is 19.5. The van der Waals surface area contributed by atoms with Gasteiger partial charge >= 0.3 is 6.36 Å². The number of benzene rings is 3. The molecule has 0 radical (unpaired) electrons. The molecular weight excluding hydrogens is 549 g/mol. The quantitative estimate of drug-likeness (QED) is 0.194. The first-order chi connectivity index (χ1) is 18.0. The van der Waals surface area contributed by atoms with Crippen molar-refractivity contribution < 1.29 is 36.2 Å². The van der Waals surface area contributed by atoms with Gasteiger partial charge in [-0.25, -0.2) is 8.42 Å². The molecule has 0 saturated heterocycles. The van der Waals surface area contributed by atoms with E-state index in [0.29, 0.717) is 29.6 Å². The van der Waals surface area contributed by atoms with Gasteiger partial charge in [0.1, 0.15) is 18.1 Å². The van der Waals surface area contributed by atoms with Crippen LogP contribution in [0, 0.1) is 0 Å². The normalized spacial score (nSPS) is 12.9. The molecule has 0 amide bonds. The number of aliphatic hydroxyl groups is 1. The number of aromatic nitrogens is 2. The second kappa shape index (κ2) is 11.5. The summed E-state index contributed by atoms with van der Waals surface area (Å²) < 4.78 is 74.5. The second-order valence-electron chi connectivity index (χ2n) is 8.04. The summed E-state index contributed by atoms with van der Waals surface area (Å²) in [5, 5.41) is 21.4. The Labute approximate surface area is 220 Å². The molecule has 4 aromatic rings. The van der Waals surface area contributed by atoms with E-state index in [9.17, 15) is 26.7 Å². The van der Waals surface area contributed by atoms with Gasteiger partial charge in [0.15, 0.2) is 5.15 Å². The molecule has 14 heteroatoms. The fraction of sp³-hybridized carbons (Fsp3) is 0.208. The highest BCUT2D eigenvalue weighted by Gasteiger charge is 2.31. The van der Waals surface area contributed by atoms with Crippen LogP contribution in [0.15, 0.2) is 71.6 Å². The predicted molar refractivity (Wildman–Crippen MR) is 135 cm³/mol. The van der Waals surface area contributed by atoms with Crippen molar-refractivity contribution in [3.05, 3.63) is 77.4 Å². The van der Waals surface area contributed by atoms with Gasteiger partial charge in [-0.15, -0.1) is 13.2 Å². The van der Waals surface area contributed by atoms with Crippen LogP contribution in [-0.4, -0.2) is 49.8 Å². The minimum atomic E-state index is -4.95. The van der Waals surface area contributed by atoms with Gasteiger partial charge < -0.3 is 19.9 Å². The van der Waals surface area contributed by atoms with Crippen LogP contribution in [0.1, 0.15) is 11.7 Å². The van der Waals surface area contributed by atoms with E-state index < -0.39 is 33.1 Å². The molecule has 4 rings (SSSR count). The van der Waals surface area contributed by atoms with Crippen molar-refractivity contribution >= 4 is 38.2 Å². The van der Waals surface area contributed by atoms with Gasteiger partial charge in [0, 0.05) is 36.3 Å². The van der Waals surface area contributed by atoms with Crippen LogP contribution in [0.25, 0.3) is 10.9 Å². The maximum Gasteiger partial charge on any atom is 0.573 e. The van der Waals surface area contributed by atoms with Crippen molar-refractivity contribution in [3.63, 3.8) is 0 Å². The summed E-state index contributed by atoms with van der Waals surface area (Å²) in [6.07, 6.45) is -5.92. The number of nitrogens with zero attached hydrogens (tertiary/aromatic N) is 1. The van der Waals surface area contributed by atoms with E-state index in [2.05, 4.69) is 25.0 Å². The van der Waals surface area contributed by atoms with Gasteiger partial charge in [0.05, 0.1) is 16.5 Å². The van der Waals surface area contributed by atoms with Crippen LogP contribution >= 0.6 is 11.6 Å². The maximum absolute atomic E-state index is 12.7. The van der Waals surface area contributed by atoms with Gasteiger partial charge in [0.25, 0.3) is 10.0 Å². The van der Waals surface area contributed by atoms with E-state index >= 15 is 0 Å². The van der Waals surface area contributed by atoms with Gasteiger partial charge in [-0.05, 0) is 42.0 Å². The van der Waals surface area contributed by atoms with Gasteiger partial charge in [-0.3, -0.25) is 9.82 Å². The number of hydrogen-bond donors (Lipinski definition) is 4. The van der Waals surface area contributed by atoms with Crippen LogP contribution in [0.5, 0.6) is 11.5 Å². The molecule has 0 aliphatic carbocycles. The molecule has 0 bridgehead atoms. The number of anilines is 1. The largest absolute Gasteiger partial charge is 0.573 e. The van der Waals surface area contributed by atoms with E-state index in [-0.39, 0.29) is 12.2 Å². The maximum atomic E-state index is 12.7. The zero-order valence-corrected chi connectivity index (χ0v) is 21.1. The second-order valence-corrected chi connectivity index (χ2v) is 10.1. The number of sulfonamides is 1. The summed E-state index contributed by atoms with van der Waals surface area (Å²) in [4.78, 5) is -0.415. The smallest absolute Gasteiger partial charge is 0.492 e. The third-order valence-electron chi connectivity index (χ3n) is 5.25. The first kappa shape index (κ1) is 27.5. The lowest BCUT2D eigenvalue weighted by atomic mass is 10.1. The molecule has 0 spiro atoms. The molecule has 9 nitrogen and oxygen atoms in total. The highest BCUT2D eigenvalue weighted by molar-refractivity contribution is 7.92. The highest BCUT2D eigenvalue weighted by Crippen LogP contribution is 2.27. The molecular formula is C24H22ClF3N4O5S. The predicted octanol–water partition coefficient (Wildman–Crippen LogP) is 4.62. The molecule has 0 fully saturated rings. The van der Waals surface area contributed by atoms with E-state index in [1.165, 1.54) is 12.1 Å². The summed E-state index contributed by atoms with van der Waals surface area (Å²) in [5.41, 5.74) is 1.30. The minimum Gasteiger partial charge on any atom is -0.492 e. The molecule has 0 aliphatic heterocycles. The fourth-order valence-corrected chi connectivity index (χ4v) is 4.81. The van der Waals surface area contributed by atoms with Crippen LogP contribution < -0.4 is 19.5 Å². The molecule has 0 saturated carbocycles. The fourth-order valence-electron chi connectivity index (χ4n) is 3.51. The first-order valence-electron chi connectivity index (χ1n) is 11.1. The SMILES string of the molecule is O=S(=O)(Nc1cccc([C@@H](O)CNCCOc2ccc3c(Cl)n[nH]c3c2)c1)c1cccc(OC(F)(F)F)c1. The molecule has 202 valence electrons. The molecule has 0 aliphatic rings. The average Bonchev–Trinajstić information content (AvgIpc) is 3.22. The van der Waals surface area contributed by atoms with E-state index in [0.717, 1.165) is 35.2 Å². The van der Waals surface area contributed by atoms with Crippen molar-refractivity contribution in [2.75, 3.05) is 24.4 Å². The molecule has 0 unspecified atom stereocenters. The monoisotopic (exact) mass is 570 g/mol. The number of hydrogen-bond acceptors (Lipinski definition) is 7. The Morgan fingerprint density at radius 3 is 2.63 bits per heavy atom. The molecule has 1 atom stereocenters. The first-order valence-corrected chi connectivity index (χ1v) is 13.0. The van der Waals surface area contributed by atoms with Gasteiger partial charge in [-0.1, -0.05) is 29.8 Å². The summed E-state index contributed by atoms with van der Waals surface area (Å²) in [6, 6.07) is 15.4. The lowest BCUT2D eigenvalue weighted by Crippen LogP contribution is -2.26. The van der Waals surface area contributed by atoms with Crippen LogP contribution in [0.3, 0.4) is 0 Å². The lowest BCUT2D eigenvalue weighted by molar-refractivity contribution is -0.274. The number of ether oxygens (including phenoxy) is 2. The summed E-state index contributed by atoms with van der Waals surface area (Å²) in [7, 11) is -4.22. The Bertz CT molecular complexity index is 1510. The van der Waals surface area contributed by atoms with E-state index in [4.69, 9.17) is 16.3 Å². The lowest BCUT2D eigenvalue weighted by Gasteiger charge is -2.15. The number of halogens is 4. The third-order valence-corrected chi connectivity index (χ3v) is 6.91. The third kappa shape index (κ3) is 7.28. The summed E-state index contributed by atoms with van der Waals surface area (Å²) in [6.45, 7) is 0.893. The Morgan fingerprint density at radius 1 is 1.05 bits per heavy atom.